The van der Waals surface area contributed by atoms with Crippen LogP contribution in [-0.4, -0.2) is 64.6 Å². The van der Waals surface area contributed by atoms with Gasteiger partial charge in [-0.05, 0) is 31.4 Å². The number of aromatic nitrogens is 3. The molecule has 0 unspecified atom stereocenters. The highest BCUT2D eigenvalue weighted by atomic mass is 16.5. The van der Waals surface area contributed by atoms with Gasteiger partial charge in [0.2, 0.25) is 0 Å². The lowest BCUT2D eigenvalue weighted by molar-refractivity contribution is 0.0724. The lowest BCUT2D eigenvalue weighted by atomic mass is 10.1. The average molecular weight is 391 g/mol. The first-order valence-electron chi connectivity index (χ1n) is 10.4. The van der Waals surface area contributed by atoms with Gasteiger partial charge in [0.05, 0.1) is 25.1 Å². The quantitative estimate of drug-likeness (QED) is 0.687. The number of amides is 1. The van der Waals surface area contributed by atoms with Crippen molar-refractivity contribution in [1.82, 2.24) is 19.3 Å². The van der Waals surface area contributed by atoms with Gasteiger partial charge >= 0.3 is 0 Å². The normalized spacial score (nSPS) is 17.7. The first-order chi connectivity index (χ1) is 14.3. The molecule has 3 aromatic rings. The highest BCUT2D eigenvalue weighted by Gasteiger charge is 2.20. The van der Waals surface area contributed by atoms with E-state index in [-0.39, 0.29) is 5.91 Å². The molecule has 7 nitrogen and oxygen atoms in total. The number of fused-ring (bicyclic) bond motifs is 1. The number of imidazole rings is 1. The molecule has 2 aliphatic rings. The van der Waals surface area contributed by atoms with E-state index in [1.165, 1.54) is 6.42 Å². The van der Waals surface area contributed by atoms with Crippen molar-refractivity contribution in [3.63, 3.8) is 0 Å². The van der Waals surface area contributed by atoms with Gasteiger partial charge in [0.1, 0.15) is 0 Å². The number of carbonyl (C=O) groups is 1. The molecule has 4 heterocycles. The molecule has 0 spiro atoms. The summed E-state index contributed by atoms with van der Waals surface area (Å²) >= 11 is 0. The summed E-state index contributed by atoms with van der Waals surface area (Å²) < 4.78 is 7.52. The van der Waals surface area contributed by atoms with Crippen molar-refractivity contribution in [3.05, 3.63) is 48.4 Å². The van der Waals surface area contributed by atoms with E-state index >= 15 is 0 Å². The molecule has 150 valence electrons. The summed E-state index contributed by atoms with van der Waals surface area (Å²) in [5.74, 6) is 0.999. The van der Waals surface area contributed by atoms with Gasteiger partial charge in [0, 0.05) is 49.7 Å². The van der Waals surface area contributed by atoms with Crippen molar-refractivity contribution >= 4 is 17.4 Å². The Kier molecular flexibility index (Phi) is 4.89. The summed E-state index contributed by atoms with van der Waals surface area (Å²) in [6.45, 7) is 4.75. The van der Waals surface area contributed by atoms with Crippen molar-refractivity contribution in [2.24, 2.45) is 0 Å². The van der Waals surface area contributed by atoms with Gasteiger partial charge in [-0.3, -0.25) is 9.20 Å². The highest BCUT2D eigenvalue weighted by molar-refractivity contribution is 5.95. The maximum Gasteiger partial charge on any atom is 0.253 e. The molecular formula is C22H25N5O2. The number of morpholine rings is 1. The molecule has 0 N–H and O–H groups in total. The Labute approximate surface area is 169 Å². The molecule has 0 aliphatic carbocycles. The van der Waals surface area contributed by atoms with Crippen LogP contribution in [0.1, 0.15) is 29.6 Å². The molecule has 0 radical (unpaired) electrons. The maximum absolute atomic E-state index is 12.9. The van der Waals surface area contributed by atoms with E-state index in [0.29, 0.717) is 13.2 Å². The molecule has 7 heteroatoms. The third-order valence-corrected chi connectivity index (χ3v) is 5.77. The molecular weight excluding hydrogens is 366 g/mol. The Morgan fingerprint density at radius 3 is 2.66 bits per heavy atom. The number of piperidine rings is 1. The van der Waals surface area contributed by atoms with E-state index in [1.54, 1.807) is 0 Å². The van der Waals surface area contributed by atoms with Crippen LogP contribution < -0.4 is 4.90 Å². The minimum atomic E-state index is 0.121. The van der Waals surface area contributed by atoms with Crippen LogP contribution in [0.4, 0.5) is 5.82 Å². The summed E-state index contributed by atoms with van der Waals surface area (Å²) in [7, 11) is 0. The van der Waals surface area contributed by atoms with Gasteiger partial charge < -0.3 is 14.5 Å². The summed E-state index contributed by atoms with van der Waals surface area (Å²) in [5, 5.41) is 0. The Morgan fingerprint density at radius 1 is 1.00 bits per heavy atom. The van der Waals surface area contributed by atoms with Crippen molar-refractivity contribution in [2.75, 3.05) is 44.3 Å². The zero-order chi connectivity index (χ0) is 19.6. The second kappa shape index (κ2) is 7.83. The highest BCUT2D eigenvalue weighted by Crippen LogP contribution is 2.27. The predicted molar refractivity (Wildman–Crippen MR) is 111 cm³/mol. The smallest absolute Gasteiger partial charge is 0.253 e. The SMILES string of the molecule is O=C(c1cccc(-c2cnc3c(N4CCOCC4)nccn23)c1)N1CCCCC1. The maximum atomic E-state index is 12.9. The lowest BCUT2D eigenvalue weighted by Crippen LogP contribution is -2.37. The number of rotatable bonds is 3. The molecule has 2 fully saturated rings. The summed E-state index contributed by atoms with van der Waals surface area (Å²) in [6.07, 6.45) is 9.01. The van der Waals surface area contributed by atoms with Crippen LogP contribution in [0.2, 0.25) is 0 Å². The molecule has 2 saturated heterocycles. The molecule has 0 atom stereocenters. The van der Waals surface area contributed by atoms with E-state index in [9.17, 15) is 4.79 Å². The molecule has 1 aromatic carbocycles. The van der Waals surface area contributed by atoms with Crippen molar-refractivity contribution < 1.29 is 9.53 Å². The number of nitrogens with zero attached hydrogens (tertiary/aromatic N) is 5. The Morgan fingerprint density at radius 2 is 1.83 bits per heavy atom. The van der Waals surface area contributed by atoms with E-state index in [4.69, 9.17) is 4.74 Å². The van der Waals surface area contributed by atoms with Crippen LogP contribution in [0, 0.1) is 0 Å². The summed E-state index contributed by atoms with van der Waals surface area (Å²) in [6, 6.07) is 7.88. The van der Waals surface area contributed by atoms with Crippen LogP contribution in [-0.2, 0) is 4.74 Å². The number of carbonyl (C=O) groups excluding carboxylic acids is 1. The predicted octanol–water partition coefficient (Wildman–Crippen LogP) is 2.86. The third-order valence-electron chi connectivity index (χ3n) is 5.77. The lowest BCUT2D eigenvalue weighted by Gasteiger charge is -2.27. The standard InChI is InChI=1S/C22H25N5O2/c28-22(26-8-2-1-3-9-26)18-6-4-5-17(15-18)19-16-24-21-20(23-7-10-27(19)21)25-11-13-29-14-12-25/h4-7,10,15-16H,1-3,8-9,11-14H2. The fraction of sp³-hybridized carbons (Fsp3) is 0.409. The minimum absolute atomic E-state index is 0.121. The van der Waals surface area contributed by atoms with E-state index in [1.807, 2.05) is 47.8 Å². The van der Waals surface area contributed by atoms with Gasteiger partial charge in [0.25, 0.3) is 5.91 Å². The zero-order valence-electron chi connectivity index (χ0n) is 16.5. The summed E-state index contributed by atoms with van der Waals surface area (Å²) in [4.78, 5) is 26.3. The number of benzene rings is 1. The molecule has 29 heavy (non-hydrogen) atoms. The van der Waals surface area contributed by atoms with Gasteiger partial charge in [-0.15, -0.1) is 0 Å². The Bertz CT molecular complexity index is 1020. The fourth-order valence-corrected chi connectivity index (χ4v) is 4.21. The minimum Gasteiger partial charge on any atom is -0.378 e. The van der Waals surface area contributed by atoms with Gasteiger partial charge in [0.15, 0.2) is 11.5 Å². The number of ether oxygens (including phenoxy) is 1. The Hall–Kier alpha value is -2.93. The van der Waals surface area contributed by atoms with Crippen LogP contribution in [0.15, 0.2) is 42.9 Å². The molecule has 2 aliphatic heterocycles. The van der Waals surface area contributed by atoms with Crippen LogP contribution in [0.25, 0.3) is 16.9 Å². The first kappa shape index (κ1) is 18.1. The van der Waals surface area contributed by atoms with Gasteiger partial charge in [-0.1, -0.05) is 12.1 Å². The molecule has 1 amide bonds. The van der Waals surface area contributed by atoms with Crippen LogP contribution in [0.3, 0.4) is 0 Å². The van der Waals surface area contributed by atoms with Crippen molar-refractivity contribution in [3.8, 4) is 11.3 Å². The van der Waals surface area contributed by atoms with E-state index in [0.717, 1.165) is 67.3 Å². The molecule has 2 aromatic heterocycles. The van der Waals surface area contributed by atoms with Gasteiger partial charge in [-0.25, -0.2) is 9.97 Å². The third kappa shape index (κ3) is 3.46. The first-order valence-corrected chi connectivity index (χ1v) is 10.4. The molecule has 5 rings (SSSR count). The van der Waals surface area contributed by atoms with Crippen LogP contribution >= 0.6 is 0 Å². The molecule has 0 saturated carbocycles. The Balaban J connectivity index is 1.49. The van der Waals surface area contributed by atoms with E-state index in [2.05, 4.69) is 19.3 Å². The van der Waals surface area contributed by atoms with E-state index < -0.39 is 0 Å². The number of hydrogen-bond acceptors (Lipinski definition) is 5. The topological polar surface area (TPSA) is 63.0 Å². The fourth-order valence-electron chi connectivity index (χ4n) is 4.21. The second-order valence-corrected chi connectivity index (χ2v) is 7.62. The van der Waals surface area contributed by atoms with Crippen LogP contribution in [0.5, 0.6) is 0 Å². The number of anilines is 1. The van der Waals surface area contributed by atoms with Crippen molar-refractivity contribution in [1.29, 1.82) is 0 Å². The molecule has 0 bridgehead atoms. The zero-order valence-corrected chi connectivity index (χ0v) is 16.5. The summed E-state index contributed by atoms with van der Waals surface area (Å²) in [5.41, 5.74) is 3.52. The number of hydrogen-bond donors (Lipinski definition) is 0. The average Bonchev–Trinajstić information content (AvgIpc) is 3.24. The number of likely N-dealkylation sites (tertiary alicyclic amines) is 1. The van der Waals surface area contributed by atoms with Gasteiger partial charge in [-0.2, -0.15) is 0 Å². The second-order valence-electron chi connectivity index (χ2n) is 7.62. The monoisotopic (exact) mass is 391 g/mol. The largest absolute Gasteiger partial charge is 0.378 e. The van der Waals surface area contributed by atoms with Crippen molar-refractivity contribution in [2.45, 2.75) is 19.3 Å².